The smallest absolute Gasteiger partial charge is 0.138 e. The fraction of sp³-hybridized carbons (Fsp3) is 0.800. The summed E-state index contributed by atoms with van der Waals surface area (Å²) in [6.07, 6.45) is 5.71. The fourth-order valence-corrected chi connectivity index (χ4v) is 3.51. The van der Waals surface area contributed by atoms with Gasteiger partial charge in [0.1, 0.15) is 5.76 Å². The Hall–Kier alpha value is -0.870. The van der Waals surface area contributed by atoms with Crippen LogP contribution >= 0.6 is 0 Å². The quantitative estimate of drug-likeness (QED) is 0.838. The molecule has 1 aromatic rings. The molecule has 0 bridgehead atoms. The molecule has 0 atom stereocenters. The number of hydrogen-bond donors (Lipinski definition) is 0. The zero-order chi connectivity index (χ0) is 13.2. The van der Waals surface area contributed by atoms with Crippen molar-refractivity contribution < 1.29 is 4.52 Å². The van der Waals surface area contributed by atoms with Gasteiger partial charge in [-0.25, -0.2) is 0 Å². The first-order chi connectivity index (χ1) is 9.24. The number of rotatable bonds is 3. The third-order valence-corrected chi connectivity index (χ3v) is 4.81. The van der Waals surface area contributed by atoms with Gasteiger partial charge in [0.2, 0.25) is 0 Å². The van der Waals surface area contributed by atoms with E-state index >= 15 is 0 Å². The summed E-state index contributed by atoms with van der Waals surface area (Å²) in [5, 5.41) is 4.05. The standard InChI is InChI=1S/C15H25N3O/c1-12-15(13(2)19-16-12)11-17-7-9-18(10-8-17)14-5-3-4-6-14/h14H,3-11H2,1-2H3. The van der Waals surface area contributed by atoms with E-state index in [2.05, 4.69) is 15.0 Å². The predicted molar refractivity (Wildman–Crippen MR) is 75.1 cm³/mol. The molecule has 19 heavy (non-hydrogen) atoms. The van der Waals surface area contributed by atoms with Crippen molar-refractivity contribution >= 4 is 0 Å². The molecule has 4 nitrogen and oxygen atoms in total. The molecule has 1 saturated carbocycles. The van der Waals surface area contributed by atoms with Crippen LogP contribution in [0.1, 0.15) is 42.7 Å². The third-order valence-electron chi connectivity index (χ3n) is 4.81. The van der Waals surface area contributed by atoms with E-state index in [1.807, 2.05) is 13.8 Å². The van der Waals surface area contributed by atoms with E-state index in [1.54, 1.807) is 0 Å². The van der Waals surface area contributed by atoms with Crippen molar-refractivity contribution in [2.45, 2.75) is 52.1 Å². The van der Waals surface area contributed by atoms with Gasteiger partial charge in [-0.2, -0.15) is 0 Å². The van der Waals surface area contributed by atoms with Crippen molar-refractivity contribution in [3.63, 3.8) is 0 Å². The Morgan fingerprint density at radius 3 is 2.37 bits per heavy atom. The average molecular weight is 263 g/mol. The summed E-state index contributed by atoms with van der Waals surface area (Å²) in [7, 11) is 0. The van der Waals surface area contributed by atoms with Crippen molar-refractivity contribution in [2.75, 3.05) is 26.2 Å². The molecule has 3 rings (SSSR count). The average Bonchev–Trinajstić information content (AvgIpc) is 3.05. The van der Waals surface area contributed by atoms with Gasteiger partial charge in [0.25, 0.3) is 0 Å². The second-order valence-corrected chi connectivity index (χ2v) is 6.05. The third kappa shape index (κ3) is 2.84. The molecular formula is C15H25N3O. The molecule has 0 unspecified atom stereocenters. The monoisotopic (exact) mass is 263 g/mol. The van der Waals surface area contributed by atoms with Gasteiger partial charge in [-0.1, -0.05) is 18.0 Å². The van der Waals surface area contributed by atoms with Crippen molar-refractivity contribution in [3.8, 4) is 0 Å². The van der Waals surface area contributed by atoms with Crippen LogP contribution in [0.15, 0.2) is 4.52 Å². The lowest BCUT2D eigenvalue weighted by Gasteiger charge is -2.38. The zero-order valence-corrected chi connectivity index (χ0v) is 12.2. The SMILES string of the molecule is Cc1noc(C)c1CN1CCN(C2CCCC2)CC1. The molecule has 1 aromatic heterocycles. The maximum absolute atomic E-state index is 5.25. The molecular weight excluding hydrogens is 238 g/mol. The Labute approximate surface area is 115 Å². The van der Waals surface area contributed by atoms with E-state index in [9.17, 15) is 0 Å². The number of piperazine rings is 1. The Kier molecular flexibility index (Phi) is 3.89. The van der Waals surface area contributed by atoms with Crippen molar-refractivity contribution in [1.29, 1.82) is 0 Å². The molecule has 4 heteroatoms. The van der Waals surface area contributed by atoms with Gasteiger partial charge in [-0.15, -0.1) is 0 Å². The molecule has 1 aliphatic heterocycles. The highest BCUT2D eigenvalue weighted by Gasteiger charge is 2.26. The Morgan fingerprint density at radius 1 is 1.11 bits per heavy atom. The molecule has 0 spiro atoms. The maximum atomic E-state index is 5.25. The van der Waals surface area contributed by atoms with Crippen molar-refractivity contribution in [3.05, 3.63) is 17.0 Å². The van der Waals surface area contributed by atoms with E-state index in [0.29, 0.717) is 0 Å². The molecule has 106 valence electrons. The first-order valence-corrected chi connectivity index (χ1v) is 7.62. The summed E-state index contributed by atoms with van der Waals surface area (Å²) in [4.78, 5) is 5.24. The summed E-state index contributed by atoms with van der Waals surface area (Å²) < 4.78 is 5.25. The number of aryl methyl sites for hydroxylation is 2. The van der Waals surface area contributed by atoms with E-state index in [0.717, 1.165) is 24.0 Å². The van der Waals surface area contributed by atoms with Crippen LogP contribution in [0.5, 0.6) is 0 Å². The van der Waals surface area contributed by atoms with Crippen LogP contribution in [0.2, 0.25) is 0 Å². The minimum Gasteiger partial charge on any atom is -0.361 e. The van der Waals surface area contributed by atoms with Gasteiger partial charge in [0.05, 0.1) is 5.69 Å². The molecule has 0 aromatic carbocycles. The van der Waals surface area contributed by atoms with E-state index in [4.69, 9.17) is 4.52 Å². The molecule has 2 aliphatic rings. The minimum atomic E-state index is 0.876. The lowest BCUT2D eigenvalue weighted by molar-refractivity contribution is 0.0933. The lowest BCUT2D eigenvalue weighted by atomic mass is 10.1. The van der Waals surface area contributed by atoms with Gasteiger partial charge in [0, 0.05) is 44.3 Å². The van der Waals surface area contributed by atoms with Crippen LogP contribution in [0.4, 0.5) is 0 Å². The number of aromatic nitrogens is 1. The van der Waals surface area contributed by atoms with Crippen LogP contribution in [-0.2, 0) is 6.54 Å². The Morgan fingerprint density at radius 2 is 1.79 bits per heavy atom. The summed E-state index contributed by atoms with van der Waals surface area (Å²) >= 11 is 0. The molecule has 0 radical (unpaired) electrons. The topological polar surface area (TPSA) is 32.5 Å². The minimum absolute atomic E-state index is 0.876. The largest absolute Gasteiger partial charge is 0.361 e. The molecule has 2 fully saturated rings. The van der Waals surface area contributed by atoms with Crippen LogP contribution in [0.3, 0.4) is 0 Å². The number of hydrogen-bond acceptors (Lipinski definition) is 4. The second-order valence-electron chi connectivity index (χ2n) is 6.05. The predicted octanol–water partition coefficient (Wildman–Crippen LogP) is 2.35. The van der Waals surface area contributed by atoms with Gasteiger partial charge < -0.3 is 4.52 Å². The van der Waals surface area contributed by atoms with Gasteiger partial charge in [-0.05, 0) is 26.7 Å². The highest BCUT2D eigenvalue weighted by molar-refractivity contribution is 5.20. The van der Waals surface area contributed by atoms with Gasteiger partial charge in [0.15, 0.2) is 0 Å². The van der Waals surface area contributed by atoms with Gasteiger partial charge >= 0.3 is 0 Å². The second kappa shape index (κ2) is 5.63. The van der Waals surface area contributed by atoms with Crippen LogP contribution in [-0.4, -0.2) is 47.2 Å². The molecule has 2 heterocycles. The maximum Gasteiger partial charge on any atom is 0.138 e. The van der Waals surface area contributed by atoms with Crippen LogP contribution < -0.4 is 0 Å². The van der Waals surface area contributed by atoms with Crippen LogP contribution in [0, 0.1) is 13.8 Å². The first kappa shape index (κ1) is 13.1. The van der Waals surface area contributed by atoms with Crippen LogP contribution in [0.25, 0.3) is 0 Å². The molecule has 0 N–H and O–H groups in total. The summed E-state index contributed by atoms with van der Waals surface area (Å²) in [6.45, 7) is 9.88. The summed E-state index contributed by atoms with van der Waals surface area (Å²) in [6, 6.07) is 0.876. The van der Waals surface area contributed by atoms with Crippen molar-refractivity contribution in [2.24, 2.45) is 0 Å². The van der Waals surface area contributed by atoms with Gasteiger partial charge in [-0.3, -0.25) is 9.80 Å². The number of nitrogens with zero attached hydrogens (tertiary/aromatic N) is 3. The van der Waals surface area contributed by atoms with E-state index in [1.165, 1.54) is 57.4 Å². The van der Waals surface area contributed by atoms with E-state index < -0.39 is 0 Å². The fourth-order valence-electron chi connectivity index (χ4n) is 3.51. The lowest BCUT2D eigenvalue weighted by Crippen LogP contribution is -2.49. The summed E-state index contributed by atoms with van der Waals surface area (Å²) in [5.41, 5.74) is 2.34. The Balaban J connectivity index is 1.53. The zero-order valence-electron chi connectivity index (χ0n) is 12.2. The molecule has 1 aliphatic carbocycles. The highest BCUT2D eigenvalue weighted by atomic mass is 16.5. The summed E-state index contributed by atoms with van der Waals surface area (Å²) in [5.74, 6) is 0.982. The first-order valence-electron chi connectivity index (χ1n) is 7.62. The normalized spacial score (nSPS) is 23.3. The Bertz CT molecular complexity index is 396. The molecule has 1 saturated heterocycles. The van der Waals surface area contributed by atoms with Crippen molar-refractivity contribution in [1.82, 2.24) is 15.0 Å². The molecule has 0 amide bonds. The highest BCUT2D eigenvalue weighted by Crippen LogP contribution is 2.25. The van der Waals surface area contributed by atoms with E-state index in [-0.39, 0.29) is 0 Å².